The molecule has 0 spiro atoms. The van der Waals surface area contributed by atoms with Gasteiger partial charge in [-0.05, 0) is 49.7 Å². The number of hydrogen-bond acceptors (Lipinski definition) is 2. The molecule has 0 saturated heterocycles. The van der Waals surface area contributed by atoms with Crippen LogP contribution in [0.5, 0.6) is 0 Å². The highest BCUT2D eigenvalue weighted by Gasteiger charge is 2.25. The topological polar surface area (TPSA) is 33.3 Å². The molecule has 0 aliphatic heterocycles. The molecule has 100 valence electrons. The summed E-state index contributed by atoms with van der Waals surface area (Å²) in [6, 6.07) is 0.550. The van der Waals surface area contributed by atoms with Crippen LogP contribution in [0.15, 0.2) is 0 Å². The molecule has 1 aliphatic rings. The van der Waals surface area contributed by atoms with Crippen molar-refractivity contribution in [3.05, 3.63) is 0 Å². The van der Waals surface area contributed by atoms with E-state index < -0.39 is 0 Å². The van der Waals surface area contributed by atoms with E-state index >= 15 is 0 Å². The number of nitrogens with one attached hydrogen (secondary N) is 2. The molecule has 17 heavy (non-hydrogen) atoms. The summed E-state index contributed by atoms with van der Waals surface area (Å²) in [4.78, 5) is 0. The van der Waals surface area contributed by atoms with Gasteiger partial charge in [-0.3, -0.25) is 0 Å². The maximum atomic E-state index is 5.30. The van der Waals surface area contributed by atoms with Gasteiger partial charge in [-0.15, -0.1) is 0 Å². The molecule has 1 aliphatic carbocycles. The molecule has 1 rings (SSSR count). The largest absolute Gasteiger partial charge is 0.385 e. The Kier molecular flexibility index (Phi) is 6.82. The first-order chi connectivity index (χ1) is 8.13. The van der Waals surface area contributed by atoms with E-state index in [1.54, 1.807) is 7.11 Å². The number of hydrogen-bond donors (Lipinski definition) is 2. The van der Waals surface area contributed by atoms with Crippen molar-refractivity contribution in [2.45, 2.75) is 45.6 Å². The number of thiocarbonyl (C=S) groups is 1. The van der Waals surface area contributed by atoms with Gasteiger partial charge in [-0.1, -0.05) is 13.8 Å². The second-order valence-electron chi connectivity index (χ2n) is 5.25. The lowest BCUT2D eigenvalue weighted by Crippen LogP contribution is -2.47. The fourth-order valence-corrected chi connectivity index (χ4v) is 2.77. The summed E-state index contributed by atoms with van der Waals surface area (Å²) in [7, 11) is 1.72. The van der Waals surface area contributed by atoms with E-state index in [2.05, 4.69) is 24.5 Å². The number of methoxy groups -OCH3 is 1. The Morgan fingerprint density at radius 2 is 2.12 bits per heavy atom. The van der Waals surface area contributed by atoms with Gasteiger partial charge in [0.1, 0.15) is 0 Å². The molecule has 0 heterocycles. The van der Waals surface area contributed by atoms with Crippen LogP contribution in [0, 0.1) is 11.8 Å². The van der Waals surface area contributed by atoms with Crippen LogP contribution in [-0.4, -0.2) is 31.4 Å². The Morgan fingerprint density at radius 3 is 2.76 bits per heavy atom. The molecule has 0 amide bonds. The van der Waals surface area contributed by atoms with Crippen LogP contribution in [-0.2, 0) is 4.74 Å². The maximum absolute atomic E-state index is 5.30. The highest BCUT2D eigenvalue weighted by Crippen LogP contribution is 2.28. The van der Waals surface area contributed by atoms with Crippen LogP contribution in [0.1, 0.15) is 39.5 Å². The van der Waals surface area contributed by atoms with Crippen LogP contribution in [0.3, 0.4) is 0 Å². The standard InChI is InChI=1S/C13H26N2OS/c1-10-5-6-12(11(2)9-10)15-13(17)14-7-4-8-16-3/h10-12H,4-9H2,1-3H3,(H2,14,15,17). The van der Waals surface area contributed by atoms with Gasteiger partial charge in [0.15, 0.2) is 5.11 Å². The summed E-state index contributed by atoms with van der Waals surface area (Å²) in [5.74, 6) is 1.59. The summed E-state index contributed by atoms with van der Waals surface area (Å²) in [5, 5.41) is 7.48. The van der Waals surface area contributed by atoms with E-state index in [0.717, 1.165) is 36.5 Å². The third kappa shape index (κ3) is 5.68. The Morgan fingerprint density at radius 1 is 1.35 bits per heavy atom. The highest BCUT2D eigenvalue weighted by molar-refractivity contribution is 7.80. The number of rotatable bonds is 5. The molecule has 1 fully saturated rings. The molecule has 2 N–H and O–H groups in total. The predicted molar refractivity (Wildman–Crippen MR) is 76.2 cm³/mol. The number of ether oxygens (including phenoxy) is 1. The first-order valence-electron chi connectivity index (χ1n) is 6.66. The molecular formula is C13H26N2OS. The Labute approximate surface area is 111 Å². The van der Waals surface area contributed by atoms with Crippen molar-refractivity contribution in [3.8, 4) is 0 Å². The van der Waals surface area contributed by atoms with E-state index in [1.807, 2.05) is 0 Å². The quantitative estimate of drug-likeness (QED) is 0.586. The molecule has 0 aromatic heterocycles. The van der Waals surface area contributed by atoms with Crippen LogP contribution < -0.4 is 10.6 Å². The summed E-state index contributed by atoms with van der Waals surface area (Å²) in [5.41, 5.74) is 0. The molecule has 1 saturated carbocycles. The lowest BCUT2D eigenvalue weighted by Gasteiger charge is -2.33. The molecular weight excluding hydrogens is 232 g/mol. The molecule has 4 heteroatoms. The smallest absolute Gasteiger partial charge is 0.166 e. The van der Waals surface area contributed by atoms with Gasteiger partial charge in [0, 0.05) is 26.3 Å². The minimum Gasteiger partial charge on any atom is -0.385 e. The van der Waals surface area contributed by atoms with Crippen LogP contribution in [0.2, 0.25) is 0 Å². The second kappa shape index (κ2) is 7.88. The van der Waals surface area contributed by atoms with Gasteiger partial charge < -0.3 is 15.4 Å². The summed E-state index contributed by atoms with van der Waals surface area (Å²) in [6.45, 7) is 6.33. The lowest BCUT2D eigenvalue weighted by atomic mass is 9.80. The zero-order valence-electron chi connectivity index (χ0n) is 11.3. The van der Waals surface area contributed by atoms with Crippen molar-refractivity contribution < 1.29 is 4.74 Å². The van der Waals surface area contributed by atoms with Crippen molar-refractivity contribution in [1.29, 1.82) is 0 Å². The fraction of sp³-hybridized carbons (Fsp3) is 0.923. The van der Waals surface area contributed by atoms with Crippen LogP contribution in [0.4, 0.5) is 0 Å². The van der Waals surface area contributed by atoms with E-state index in [0.29, 0.717) is 6.04 Å². The molecule has 3 atom stereocenters. The Hall–Kier alpha value is -0.350. The van der Waals surface area contributed by atoms with E-state index in [4.69, 9.17) is 17.0 Å². The van der Waals surface area contributed by atoms with Crippen LogP contribution in [0.25, 0.3) is 0 Å². The van der Waals surface area contributed by atoms with E-state index in [9.17, 15) is 0 Å². The molecule has 0 aromatic rings. The van der Waals surface area contributed by atoms with Crippen LogP contribution >= 0.6 is 12.2 Å². The molecule has 3 nitrogen and oxygen atoms in total. The zero-order valence-corrected chi connectivity index (χ0v) is 12.1. The average molecular weight is 258 g/mol. The van der Waals surface area contributed by atoms with Crippen molar-refractivity contribution in [2.75, 3.05) is 20.3 Å². The third-order valence-electron chi connectivity index (χ3n) is 3.56. The Balaban J connectivity index is 2.17. The lowest BCUT2D eigenvalue weighted by molar-refractivity contribution is 0.195. The van der Waals surface area contributed by atoms with E-state index in [-0.39, 0.29) is 0 Å². The summed E-state index contributed by atoms with van der Waals surface area (Å²) in [6.07, 6.45) is 4.86. The fourth-order valence-electron chi connectivity index (χ4n) is 2.52. The minimum absolute atomic E-state index is 0.550. The van der Waals surface area contributed by atoms with Crippen molar-refractivity contribution in [3.63, 3.8) is 0 Å². The normalized spacial score (nSPS) is 28.8. The first kappa shape index (κ1) is 14.7. The average Bonchev–Trinajstić information content (AvgIpc) is 2.28. The van der Waals surface area contributed by atoms with E-state index in [1.165, 1.54) is 19.3 Å². The van der Waals surface area contributed by atoms with Gasteiger partial charge in [0.25, 0.3) is 0 Å². The first-order valence-corrected chi connectivity index (χ1v) is 7.07. The summed E-state index contributed by atoms with van der Waals surface area (Å²) < 4.78 is 5.00. The monoisotopic (exact) mass is 258 g/mol. The molecule has 0 bridgehead atoms. The molecule has 3 unspecified atom stereocenters. The highest BCUT2D eigenvalue weighted by atomic mass is 32.1. The zero-order chi connectivity index (χ0) is 12.7. The SMILES string of the molecule is COCCCNC(=S)NC1CCC(C)CC1C. The summed E-state index contributed by atoms with van der Waals surface area (Å²) >= 11 is 5.30. The maximum Gasteiger partial charge on any atom is 0.166 e. The predicted octanol–water partition coefficient (Wildman–Crippen LogP) is 2.31. The van der Waals surface area contributed by atoms with Gasteiger partial charge in [0.2, 0.25) is 0 Å². The van der Waals surface area contributed by atoms with Gasteiger partial charge >= 0.3 is 0 Å². The van der Waals surface area contributed by atoms with Crippen molar-refractivity contribution in [2.24, 2.45) is 11.8 Å². The molecule has 0 aromatic carbocycles. The Bertz CT molecular complexity index is 235. The molecule has 0 radical (unpaired) electrons. The van der Waals surface area contributed by atoms with Crippen molar-refractivity contribution >= 4 is 17.3 Å². The van der Waals surface area contributed by atoms with Gasteiger partial charge in [0.05, 0.1) is 0 Å². The van der Waals surface area contributed by atoms with Gasteiger partial charge in [-0.25, -0.2) is 0 Å². The second-order valence-corrected chi connectivity index (χ2v) is 5.66. The van der Waals surface area contributed by atoms with Gasteiger partial charge in [-0.2, -0.15) is 0 Å². The van der Waals surface area contributed by atoms with Crippen molar-refractivity contribution in [1.82, 2.24) is 10.6 Å². The minimum atomic E-state index is 0.550. The third-order valence-corrected chi connectivity index (χ3v) is 3.82.